The summed E-state index contributed by atoms with van der Waals surface area (Å²) in [5.41, 5.74) is 2.77. The summed E-state index contributed by atoms with van der Waals surface area (Å²) in [6.45, 7) is 11.8. The second-order valence-corrected chi connectivity index (χ2v) is 9.66. The summed E-state index contributed by atoms with van der Waals surface area (Å²) in [6, 6.07) is 10.0. The molecule has 0 unspecified atom stereocenters. The lowest BCUT2D eigenvalue weighted by Gasteiger charge is -2.23. The van der Waals surface area contributed by atoms with Gasteiger partial charge in [0.25, 0.3) is 5.91 Å². The Labute approximate surface area is 209 Å². The molecule has 0 aromatic carbocycles. The molecule has 6 rings (SSSR count). The number of nitrogens with zero attached hydrogens (tertiary/aromatic N) is 9. The molecule has 10 nitrogen and oxygen atoms in total. The molecule has 0 aliphatic carbocycles. The van der Waals surface area contributed by atoms with Crippen molar-refractivity contribution in [3.05, 3.63) is 66.6 Å². The number of amides is 1. The molecule has 2 aliphatic rings. The Morgan fingerprint density at radius 3 is 2.78 bits per heavy atom. The van der Waals surface area contributed by atoms with Crippen LogP contribution in [0.5, 0.6) is 0 Å². The molecule has 4 aromatic heterocycles. The Kier molecular flexibility index (Phi) is 5.31. The Balaban J connectivity index is 1.34. The summed E-state index contributed by atoms with van der Waals surface area (Å²) in [6.07, 6.45) is 5.67. The van der Waals surface area contributed by atoms with Crippen molar-refractivity contribution in [3.63, 3.8) is 0 Å². The van der Waals surface area contributed by atoms with E-state index in [1.165, 1.54) is 0 Å². The fourth-order valence-corrected chi connectivity index (χ4v) is 5.13. The van der Waals surface area contributed by atoms with Gasteiger partial charge < -0.3 is 4.90 Å². The van der Waals surface area contributed by atoms with Crippen LogP contribution in [0.1, 0.15) is 61.3 Å². The predicted molar refractivity (Wildman–Crippen MR) is 136 cm³/mol. The van der Waals surface area contributed by atoms with Crippen LogP contribution in [0.2, 0.25) is 0 Å². The van der Waals surface area contributed by atoms with E-state index in [-0.39, 0.29) is 11.9 Å². The van der Waals surface area contributed by atoms with E-state index < -0.39 is 0 Å². The summed E-state index contributed by atoms with van der Waals surface area (Å²) in [7, 11) is 0. The molecule has 36 heavy (non-hydrogen) atoms. The maximum atomic E-state index is 13.5. The average Bonchev–Trinajstić information content (AvgIpc) is 3.65. The highest BCUT2D eigenvalue weighted by Gasteiger charge is 2.33. The molecule has 0 saturated carbocycles. The van der Waals surface area contributed by atoms with Crippen molar-refractivity contribution in [1.82, 2.24) is 34.5 Å². The number of pyridine rings is 2. The number of fused-ring (bicyclic) bond motifs is 1. The number of hydrogen-bond donors (Lipinski definition) is 0. The van der Waals surface area contributed by atoms with Gasteiger partial charge in [-0.15, -0.1) is 10.2 Å². The van der Waals surface area contributed by atoms with Gasteiger partial charge in [-0.2, -0.15) is 5.10 Å². The zero-order chi connectivity index (χ0) is 25.0. The van der Waals surface area contributed by atoms with Crippen molar-refractivity contribution >= 4 is 17.5 Å². The first-order valence-corrected chi connectivity index (χ1v) is 12.3. The van der Waals surface area contributed by atoms with Crippen LogP contribution in [-0.2, 0) is 6.54 Å². The lowest BCUT2D eigenvalue weighted by molar-refractivity contribution is 0.0996. The first kappa shape index (κ1) is 22.4. The van der Waals surface area contributed by atoms with Crippen LogP contribution in [0.3, 0.4) is 0 Å². The highest BCUT2D eigenvalue weighted by molar-refractivity contribution is 6.10. The van der Waals surface area contributed by atoms with Gasteiger partial charge in [-0.05, 0) is 58.7 Å². The highest BCUT2D eigenvalue weighted by atomic mass is 16.2. The van der Waals surface area contributed by atoms with Gasteiger partial charge in [0.15, 0.2) is 5.82 Å². The summed E-state index contributed by atoms with van der Waals surface area (Å²) in [5, 5.41) is 12.9. The average molecular weight is 483 g/mol. The molecule has 0 bridgehead atoms. The third-order valence-electron chi connectivity index (χ3n) is 7.01. The van der Waals surface area contributed by atoms with E-state index in [0.717, 1.165) is 36.6 Å². The Hall–Kier alpha value is -4.08. The third kappa shape index (κ3) is 3.55. The number of aromatic nitrogens is 7. The fourth-order valence-electron chi connectivity index (χ4n) is 5.13. The Morgan fingerprint density at radius 1 is 1.14 bits per heavy atom. The molecule has 6 heterocycles. The second kappa shape index (κ2) is 8.54. The minimum atomic E-state index is -0.0885. The van der Waals surface area contributed by atoms with Crippen LogP contribution in [0, 0.1) is 6.92 Å². The fraction of sp³-hybridized carbons (Fsp3) is 0.346. The van der Waals surface area contributed by atoms with Gasteiger partial charge in [0, 0.05) is 36.0 Å². The lowest BCUT2D eigenvalue weighted by Crippen LogP contribution is -2.28. The number of hydrogen-bond acceptors (Lipinski definition) is 7. The molecule has 4 aromatic rings. The summed E-state index contributed by atoms with van der Waals surface area (Å²) in [4.78, 5) is 27.0. The Morgan fingerprint density at radius 2 is 2.00 bits per heavy atom. The molecule has 10 heteroatoms. The SMILES string of the molecule is [CH2]c1nc(N2CCC[C@H]2C)cc2c1CN(c1cccc(-c3nncn3-c3ccnn3C(C)C)n1)C2=O. The third-order valence-corrected chi connectivity index (χ3v) is 7.01. The molecular formula is C26H28N9O. The van der Waals surface area contributed by atoms with Gasteiger partial charge in [0.2, 0.25) is 0 Å². The monoisotopic (exact) mass is 482 g/mol. The minimum Gasteiger partial charge on any atom is -0.354 e. The molecule has 2 aliphatic heterocycles. The standard InChI is InChI=1S/C26H28N9O/c1-16(2)35-24(10-11-28-35)34-15-27-31-25(34)21-8-5-9-22(30-21)33-14-20-18(4)29-23(13-19(20)26(33)36)32-12-6-7-17(32)3/h5,8-11,13,15-17H,4,6-7,12,14H2,1-3H3/t17-/m1/s1. The van der Waals surface area contributed by atoms with Crippen molar-refractivity contribution in [2.45, 2.75) is 52.2 Å². The molecule has 1 saturated heterocycles. The van der Waals surface area contributed by atoms with Gasteiger partial charge >= 0.3 is 0 Å². The molecule has 1 fully saturated rings. The summed E-state index contributed by atoms with van der Waals surface area (Å²) in [5.74, 6) is 2.72. The van der Waals surface area contributed by atoms with Crippen molar-refractivity contribution in [3.8, 4) is 17.3 Å². The van der Waals surface area contributed by atoms with E-state index in [9.17, 15) is 4.79 Å². The van der Waals surface area contributed by atoms with Crippen molar-refractivity contribution in [2.75, 3.05) is 16.3 Å². The number of anilines is 2. The van der Waals surface area contributed by atoms with Crippen LogP contribution in [0.25, 0.3) is 17.3 Å². The van der Waals surface area contributed by atoms with E-state index in [4.69, 9.17) is 9.97 Å². The van der Waals surface area contributed by atoms with Crippen LogP contribution in [-0.4, -0.2) is 53.0 Å². The largest absolute Gasteiger partial charge is 0.354 e. The minimum absolute atomic E-state index is 0.0885. The quantitative estimate of drug-likeness (QED) is 0.426. The van der Waals surface area contributed by atoms with Crippen LogP contribution >= 0.6 is 0 Å². The van der Waals surface area contributed by atoms with Gasteiger partial charge in [0.05, 0.1) is 18.3 Å². The topological polar surface area (TPSA) is 97.9 Å². The molecular weight excluding hydrogens is 454 g/mol. The van der Waals surface area contributed by atoms with Gasteiger partial charge in [0.1, 0.15) is 29.5 Å². The Bertz CT molecular complexity index is 1450. The molecule has 1 amide bonds. The predicted octanol–water partition coefficient (Wildman–Crippen LogP) is 3.83. The zero-order valence-electron chi connectivity index (χ0n) is 20.7. The van der Waals surface area contributed by atoms with Crippen molar-refractivity contribution in [2.24, 2.45) is 0 Å². The van der Waals surface area contributed by atoms with E-state index >= 15 is 0 Å². The van der Waals surface area contributed by atoms with E-state index in [1.54, 1.807) is 17.4 Å². The van der Waals surface area contributed by atoms with Crippen molar-refractivity contribution in [1.29, 1.82) is 0 Å². The number of carbonyl (C=O) groups excluding carboxylic acids is 1. The van der Waals surface area contributed by atoms with E-state index in [2.05, 4.69) is 47.9 Å². The molecule has 183 valence electrons. The first-order chi connectivity index (χ1) is 17.4. The highest BCUT2D eigenvalue weighted by Crippen LogP contribution is 2.34. The maximum Gasteiger partial charge on any atom is 0.260 e. The number of rotatable bonds is 5. The normalized spacial score (nSPS) is 17.5. The molecule has 1 radical (unpaired) electrons. The lowest BCUT2D eigenvalue weighted by atomic mass is 10.1. The van der Waals surface area contributed by atoms with Gasteiger partial charge in [-0.3, -0.25) is 14.3 Å². The first-order valence-electron chi connectivity index (χ1n) is 12.3. The maximum absolute atomic E-state index is 13.5. The van der Waals surface area contributed by atoms with E-state index in [1.807, 2.05) is 39.6 Å². The molecule has 1 atom stereocenters. The summed E-state index contributed by atoms with van der Waals surface area (Å²) < 4.78 is 3.76. The molecule has 0 N–H and O–H groups in total. The van der Waals surface area contributed by atoms with Crippen molar-refractivity contribution < 1.29 is 4.79 Å². The summed E-state index contributed by atoms with van der Waals surface area (Å²) >= 11 is 0. The van der Waals surface area contributed by atoms with Crippen LogP contribution < -0.4 is 9.80 Å². The number of carbonyl (C=O) groups is 1. The second-order valence-electron chi connectivity index (χ2n) is 9.66. The molecule has 0 spiro atoms. The zero-order valence-corrected chi connectivity index (χ0v) is 20.7. The van der Waals surface area contributed by atoms with E-state index in [0.29, 0.717) is 41.2 Å². The van der Waals surface area contributed by atoms with Crippen LogP contribution in [0.15, 0.2) is 42.9 Å². The van der Waals surface area contributed by atoms with Gasteiger partial charge in [-0.1, -0.05) is 6.07 Å². The van der Waals surface area contributed by atoms with Gasteiger partial charge in [-0.25, -0.2) is 14.6 Å². The smallest absolute Gasteiger partial charge is 0.260 e. The van der Waals surface area contributed by atoms with Crippen LogP contribution in [0.4, 0.5) is 11.6 Å².